The monoisotopic (exact) mass is 447 g/mol. The lowest BCUT2D eigenvalue weighted by atomic mass is 10.1. The van der Waals surface area contributed by atoms with E-state index in [1.807, 2.05) is 12.1 Å². The largest absolute Gasteiger partial charge is 0.497 e. The first-order valence-electron chi connectivity index (χ1n) is 9.33. The van der Waals surface area contributed by atoms with Crippen LogP contribution in [0.4, 0.5) is 0 Å². The highest BCUT2D eigenvalue weighted by Crippen LogP contribution is 2.29. The molecule has 0 atom stereocenters. The Kier molecular flexibility index (Phi) is 6.95. The van der Waals surface area contributed by atoms with E-state index in [2.05, 4.69) is 4.98 Å². The van der Waals surface area contributed by atoms with Gasteiger partial charge in [-0.2, -0.15) is 0 Å². The van der Waals surface area contributed by atoms with Crippen molar-refractivity contribution in [2.45, 2.75) is 25.5 Å². The normalized spacial score (nSPS) is 11.4. The van der Waals surface area contributed by atoms with Gasteiger partial charge < -0.3 is 9.15 Å². The van der Waals surface area contributed by atoms with Gasteiger partial charge in [-0.25, -0.2) is 13.4 Å². The van der Waals surface area contributed by atoms with Gasteiger partial charge in [-0.3, -0.25) is 4.79 Å². The van der Waals surface area contributed by atoms with E-state index in [0.29, 0.717) is 22.8 Å². The van der Waals surface area contributed by atoms with Crippen LogP contribution in [0.25, 0.3) is 11.5 Å². The summed E-state index contributed by atoms with van der Waals surface area (Å²) < 4.78 is 35.7. The molecular formula is C22H22ClNO5S. The Hall–Kier alpha value is -2.64. The second-order valence-electron chi connectivity index (χ2n) is 6.92. The van der Waals surface area contributed by atoms with E-state index in [1.54, 1.807) is 50.4 Å². The number of methoxy groups -OCH3 is 1. The summed E-state index contributed by atoms with van der Waals surface area (Å²) in [5.74, 6) is 0.149. The van der Waals surface area contributed by atoms with Gasteiger partial charge in [0.1, 0.15) is 23.0 Å². The van der Waals surface area contributed by atoms with Crippen molar-refractivity contribution in [1.82, 2.24) is 4.98 Å². The van der Waals surface area contributed by atoms with Crippen LogP contribution >= 0.6 is 11.6 Å². The number of carbonyl (C=O) groups is 1. The number of Topliss-reactive ketones (excluding diaryl/α,β-unsaturated/α-hetero) is 1. The summed E-state index contributed by atoms with van der Waals surface area (Å²) in [6.07, 6.45) is 0.617. The zero-order valence-corrected chi connectivity index (χ0v) is 18.3. The Morgan fingerprint density at radius 3 is 2.50 bits per heavy atom. The van der Waals surface area contributed by atoms with Crippen LogP contribution < -0.4 is 4.74 Å². The molecule has 1 heterocycles. The van der Waals surface area contributed by atoms with Gasteiger partial charge in [-0.05, 0) is 43.2 Å². The van der Waals surface area contributed by atoms with Crippen molar-refractivity contribution in [3.05, 3.63) is 70.6 Å². The van der Waals surface area contributed by atoms with E-state index in [1.165, 1.54) is 0 Å². The van der Waals surface area contributed by atoms with Gasteiger partial charge in [-0.15, -0.1) is 0 Å². The van der Waals surface area contributed by atoms with Crippen molar-refractivity contribution < 1.29 is 22.4 Å². The highest BCUT2D eigenvalue weighted by Gasteiger charge is 2.22. The third-order valence-electron chi connectivity index (χ3n) is 4.59. The number of hydrogen-bond acceptors (Lipinski definition) is 6. The molecule has 30 heavy (non-hydrogen) atoms. The molecule has 3 rings (SSSR count). The van der Waals surface area contributed by atoms with E-state index in [-0.39, 0.29) is 29.5 Å². The van der Waals surface area contributed by atoms with Crippen molar-refractivity contribution in [3.8, 4) is 17.2 Å². The topological polar surface area (TPSA) is 86.5 Å². The van der Waals surface area contributed by atoms with Crippen molar-refractivity contribution in [1.29, 1.82) is 0 Å². The minimum Gasteiger partial charge on any atom is -0.497 e. The lowest BCUT2D eigenvalue weighted by Gasteiger charge is -2.04. The number of nitrogens with zero attached hydrogens (tertiary/aromatic N) is 1. The van der Waals surface area contributed by atoms with Crippen molar-refractivity contribution in [2.75, 3.05) is 12.9 Å². The zero-order valence-electron chi connectivity index (χ0n) is 16.7. The minimum absolute atomic E-state index is 0.147. The number of aromatic nitrogens is 1. The number of benzene rings is 2. The Morgan fingerprint density at radius 2 is 1.83 bits per heavy atom. The number of sulfone groups is 1. The van der Waals surface area contributed by atoms with Gasteiger partial charge in [0.15, 0.2) is 9.84 Å². The second kappa shape index (κ2) is 9.45. The van der Waals surface area contributed by atoms with Gasteiger partial charge in [0.2, 0.25) is 5.89 Å². The van der Waals surface area contributed by atoms with Crippen LogP contribution in [0.1, 0.15) is 23.4 Å². The van der Waals surface area contributed by atoms with E-state index in [0.717, 1.165) is 11.3 Å². The fourth-order valence-electron chi connectivity index (χ4n) is 2.96. The van der Waals surface area contributed by atoms with Gasteiger partial charge in [0.25, 0.3) is 0 Å². The fraction of sp³-hybridized carbons (Fsp3) is 0.273. The van der Waals surface area contributed by atoms with Gasteiger partial charge in [0, 0.05) is 6.42 Å². The summed E-state index contributed by atoms with van der Waals surface area (Å²) >= 11 is 6.15. The number of oxazole rings is 1. The lowest BCUT2D eigenvalue weighted by molar-refractivity contribution is -0.116. The third-order valence-corrected chi connectivity index (χ3v) is 6.39. The SMILES string of the molecule is COc1ccc(CCC(=O)CS(=O)(=O)Cc2nc(-c3ccccc3Cl)oc2C)cc1. The first kappa shape index (κ1) is 22.1. The summed E-state index contributed by atoms with van der Waals surface area (Å²) in [5.41, 5.74) is 1.81. The van der Waals surface area contributed by atoms with E-state index < -0.39 is 15.6 Å². The average molecular weight is 448 g/mol. The Balaban J connectivity index is 1.62. The molecule has 6 nitrogen and oxygen atoms in total. The fourth-order valence-corrected chi connectivity index (χ4v) is 4.60. The molecule has 3 aromatic rings. The molecule has 0 radical (unpaired) electrons. The molecular weight excluding hydrogens is 426 g/mol. The maximum atomic E-state index is 12.5. The number of aryl methyl sites for hydroxylation is 2. The van der Waals surface area contributed by atoms with Crippen LogP contribution in [-0.2, 0) is 26.8 Å². The van der Waals surface area contributed by atoms with Crippen molar-refractivity contribution in [3.63, 3.8) is 0 Å². The minimum atomic E-state index is -3.68. The molecule has 0 unspecified atom stereocenters. The molecule has 2 aromatic carbocycles. The second-order valence-corrected chi connectivity index (χ2v) is 9.39. The van der Waals surface area contributed by atoms with Crippen LogP contribution in [0.2, 0.25) is 5.02 Å². The highest BCUT2D eigenvalue weighted by atomic mass is 35.5. The molecule has 0 saturated carbocycles. The Bertz CT molecular complexity index is 1140. The van der Waals surface area contributed by atoms with Gasteiger partial charge >= 0.3 is 0 Å². The van der Waals surface area contributed by atoms with E-state index in [4.69, 9.17) is 20.8 Å². The maximum absolute atomic E-state index is 12.5. The molecule has 1 aromatic heterocycles. The third kappa shape index (κ3) is 5.70. The molecule has 0 amide bonds. The first-order chi connectivity index (χ1) is 14.3. The molecule has 0 aliphatic rings. The van der Waals surface area contributed by atoms with E-state index in [9.17, 15) is 13.2 Å². The first-order valence-corrected chi connectivity index (χ1v) is 11.5. The molecule has 0 spiro atoms. The average Bonchev–Trinajstić information content (AvgIpc) is 3.06. The van der Waals surface area contributed by atoms with E-state index >= 15 is 0 Å². The lowest BCUT2D eigenvalue weighted by Crippen LogP contribution is -2.18. The predicted octanol–water partition coefficient (Wildman–Crippen LogP) is 4.43. The molecule has 0 aliphatic heterocycles. The number of halogens is 1. The molecule has 8 heteroatoms. The standard InChI is InChI=1S/C22H22ClNO5S/c1-15-21(24-22(29-15)19-5-3-4-6-20(19)23)14-30(26,27)13-17(25)10-7-16-8-11-18(28-2)12-9-16/h3-6,8-9,11-12H,7,10,13-14H2,1-2H3. The van der Waals surface area contributed by atoms with Gasteiger partial charge in [-0.1, -0.05) is 35.9 Å². The molecule has 0 aliphatic carbocycles. The highest BCUT2D eigenvalue weighted by molar-refractivity contribution is 7.91. The molecule has 0 fully saturated rings. The van der Waals surface area contributed by atoms with Crippen molar-refractivity contribution in [2.24, 2.45) is 0 Å². The summed E-state index contributed by atoms with van der Waals surface area (Å²) in [6.45, 7) is 1.64. The number of hydrogen-bond donors (Lipinski definition) is 0. The number of carbonyl (C=O) groups excluding carboxylic acids is 1. The van der Waals surface area contributed by atoms with Crippen LogP contribution in [0.5, 0.6) is 5.75 Å². The molecule has 0 N–H and O–H groups in total. The summed E-state index contributed by atoms with van der Waals surface area (Å²) in [7, 11) is -2.09. The predicted molar refractivity (Wildman–Crippen MR) is 115 cm³/mol. The summed E-state index contributed by atoms with van der Waals surface area (Å²) in [5, 5.41) is 0.460. The molecule has 158 valence electrons. The Labute approximate surface area is 180 Å². The number of ether oxygens (including phenoxy) is 1. The molecule has 0 saturated heterocycles. The van der Waals surface area contributed by atoms with Crippen LogP contribution in [-0.4, -0.2) is 32.0 Å². The van der Waals surface area contributed by atoms with Crippen LogP contribution in [0, 0.1) is 6.92 Å². The van der Waals surface area contributed by atoms with Crippen molar-refractivity contribution >= 4 is 27.2 Å². The maximum Gasteiger partial charge on any atom is 0.228 e. The van der Waals surface area contributed by atoms with Gasteiger partial charge in [0.05, 0.1) is 29.1 Å². The number of rotatable bonds is 9. The van der Waals surface area contributed by atoms with Crippen LogP contribution in [0.3, 0.4) is 0 Å². The summed E-state index contributed by atoms with van der Waals surface area (Å²) in [6, 6.07) is 14.3. The van der Waals surface area contributed by atoms with Crippen LogP contribution in [0.15, 0.2) is 52.9 Å². The molecule has 0 bridgehead atoms. The quantitative estimate of drug-likeness (QED) is 0.482. The Morgan fingerprint density at radius 1 is 1.13 bits per heavy atom. The smallest absolute Gasteiger partial charge is 0.228 e. The summed E-state index contributed by atoms with van der Waals surface area (Å²) in [4.78, 5) is 16.5. The zero-order chi connectivity index (χ0) is 21.7. The number of ketones is 1.